The van der Waals surface area contributed by atoms with Crippen molar-refractivity contribution in [3.63, 3.8) is 0 Å². The van der Waals surface area contributed by atoms with Crippen molar-refractivity contribution >= 4 is 11.9 Å². The molecule has 26 heavy (non-hydrogen) atoms. The maximum Gasteiger partial charge on any atom is 2.00 e. The zero-order valence-electron chi connectivity index (χ0n) is 14.9. The molecule has 0 N–H and O–H groups in total. The van der Waals surface area contributed by atoms with Crippen molar-refractivity contribution in [1.29, 1.82) is 0 Å². The number of hydrogen-bond acceptors (Lipinski definition) is 4. The first-order chi connectivity index (χ1) is 12.0. The molecule has 2 aromatic carbocycles. The van der Waals surface area contributed by atoms with Gasteiger partial charge in [-0.3, -0.25) is 9.98 Å². The molecule has 0 aliphatic carbocycles. The van der Waals surface area contributed by atoms with Gasteiger partial charge in [0.2, 0.25) is 0 Å². The Balaban J connectivity index is 0.000000290. The smallest absolute Gasteiger partial charge is 0.873 e. The molecule has 4 nitrogen and oxygen atoms in total. The molecule has 0 saturated heterocycles. The molecule has 0 aliphatic heterocycles. The minimum atomic E-state index is -0.430. The van der Waals surface area contributed by atoms with Crippen molar-refractivity contribution in [2.24, 2.45) is 4.99 Å². The van der Waals surface area contributed by atoms with E-state index in [0.717, 1.165) is 16.9 Å². The minimum absolute atomic E-state index is 0. The van der Waals surface area contributed by atoms with Crippen LogP contribution in [0.3, 0.4) is 0 Å². The largest absolute Gasteiger partial charge is 2.00 e. The predicted molar refractivity (Wildman–Crippen MR) is 97.5 cm³/mol. The second-order valence-electron chi connectivity index (χ2n) is 5.70. The monoisotopic (exact) mass is 390 g/mol. The number of aryl methyl sites for hydroxylation is 3. The van der Waals surface area contributed by atoms with E-state index in [4.69, 9.17) is 0 Å². The molecule has 136 valence electrons. The molecule has 3 aromatic rings. The Labute approximate surface area is 164 Å². The van der Waals surface area contributed by atoms with Gasteiger partial charge < -0.3 is 10.2 Å². The standard InChI is InChI=1S/C14H14N2.C7H8O2.Ni/c1-11-6-5-7-12(2)14(11)16-10-13-8-3-4-9-15-13;1-5-2-3-6(8)7(9)4-5;/h3-10H,1-2H3;2-4,8-9H,1H3;/q;;+2/p-2. The van der Waals surface area contributed by atoms with Gasteiger partial charge in [0.05, 0.1) is 17.6 Å². The Morgan fingerprint density at radius 1 is 0.846 bits per heavy atom. The third-order valence-corrected chi connectivity index (χ3v) is 3.55. The van der Waals surface area contributed by atoms with E-state index in [1.165, 1.54) is 23.3 Å². The van der Waals surface area contributed by atoms with E-state index in [2.05, 4.69) is 36.0 Å². The average molecular weight is 391 g/mol. The number of aliphatic imine (C=N–C) groups is 1. The van der Waals surface area contributed by atoms with Crippen molar-refractivity contribution in [1.82, 2.24) is 4.98 Å². The number of rotatable bonds is 2. The fraction of sp³-hybridized carbons (Fsp3) is 0.143. The molecule has 0 amide bonds. The normalized spacial score (nSPS) is 9.96. The number of hydrogen-bond donors (Lipinski definition) is 0. The third kappa shape index (κ3) is 6.34. The van der Waals surface area contributed by atoms with E-state index < -0.39 is 11.5 Å². The summed E-state index contributed by atoms with van der Waals surface area (Å²) >= 11 is 0. The molecule has 0 radical (unpaired) electrons. The molecular formula is C21H20N2NiO2. The van der Waals surface area contributed by atoms with Gasteiger partial charge in [0.1, 0.15) is 0 Å². The zero-order valence-corrected chi connectivity index (χ0v) is 15.9. The first kappa shape index (κ1) is 21.4. The molecule has 0 bridgehead atoms. The van der Waals surface area contributed by atoms with Gasteiger partial charge in [0.25, 0.3) is 0 Å². The van der Waals surface area contributed by atoms with Gasteiger partial charge in [-0.1, -0.05) is 48.0 Å². The summed E-state index contributed by atoms with van der Waals surface area (Å²) in [6, 6.07) is 16.2. The van der Waals surface area contributed by atoms with Gasteiger partial charge in [-0.2, -0.15) is 0 Å². The van der Waals surface area contributed by atoms with E-state index in [9.17, 15) is 10.2 Å². The Bertz CT molecular complexity index is 845. The minimum Gasteiger partial charge on any atom is -0.873 e. The Morgan fingerprint density at radius 3 is 2.08 bits per heavy atom. The molecule has 0 unspecified atom stereocenters. The van der Waals surface area contributed by atoms with Crippen molar-refractivity contribution in [2.45, 2.75) is 20.8 Å². The van der Waals surface area contributed by atoms with Gasteiger partial charge in [0.15, 0.2) is 0 Å². The van der Waals surface area contributed by atoms with Crippen LogP contribution < -0.4 is 10.2 Å². The van der Waals surface area contributed by atoms with Crippen LogP contribution in [0.15, 0.2) is 65.8 Å². The third-order valence-electron chi connectivity index (χ3n) is 3.55. The summed E-state index contributed by atoms with van der Waals surface area (Å²) < 4.78 is 0. The number of para-hydroxylation sites is 1. The molecule has 0 fully saturated rings. The second-order valence-corrected chi connectivity index (χ2v) is 5.70. The van der Waals surface area contributed by atoms with Crippen LogP contribution >= 0.6 is 0 Å². The second kappa shape index (κ2) is 10.4. The number of benzene rings is 2. The molecule has 1 heterocycles. The molecule has 1 aromatic heterocycles. The fourth-order valence-electron chi connectivity index (χ4n) is 2.21. The van der Waals surface area contributed by atoms with E-state index in [-0.39, 0.29) is 16.5 Å². The van der Waals surface area contributed by atoms with E-state index in [1.807, 2.05) is 24.3 Å². The number of aromatic nitrogens is 1. The van der Waals surface area contributed by atoms with Crippen molar-refractivity contribution in [2.75, 3.05) is 0 Å². The van der Waals surface area contributed by atoms with Crippen LogP contribution in [0.4, 0.5) is 5.69 Å². The molecule has 0 spiro atoms. The fourth-order valence-corrected chi connectivity index (χ4v) is 2.21. The first-order valence-electron chi connectivity index (χ1n) is 7.93. The summed E-state index contributed by atoms with van der Waals surface area (Å²) in [5.74, 6) is -0.851. The summed E-state index contributed by atoms with van der Waals surface area (Å²) in [6.07, 6.45) is 3.57. The molecular weight excluding hydrogens is 371 g/mol. The topological polar surface area (TPSA) is 71.4 Å². The molecule has 5 heteroatoms. The van der Waals surface area contributed by atoms with Gasteiger partial charge in [-0.05, 0) is 44.0 Å². The van der Waals surface area contributed by atoms with E-state index in [0.29, 0.717) is 0 Å². The van der Waals surface area contributed by atoms with E-state index >= 15 is 0 Å². The van der Waals surface area contributed by atoms with Gasteiger partial charge >= 0.3 is 16.5 Å². The maximum absolute atomic E-state index is 10.5. The number of pyridine rings is 1. The van der Waals surface area contributed by atoms with Gasteiger partial charge in [-0.15, -0.1) is 11.5 Å². The van der Waals surface area contributed by atoms with Gasteiger partial charge in [-0.25, -0.2) is 0 Å². The van der Waals surface area contributed by atoms with Crippen LogP contribution in [0.1, 0.15) is 22.4 Å². The van der Waals surface area contributed by atoms with Gasteiger partial charge in [0, 0.05) is 6.20 Å². The van der Waals surface area contributed by atoms with Crippen LogP contribution in [0.25, 0.3) is 0 Å². The molecule has 0 atom stereocenters. The zero-order chi connectivity index (χ0) is 18.2. The quantitative estimate of drug-likeness (QED) is 0.495. The SMILES string of the molecule is Cc1ccc([O-])c([O-])c1.Cc1cccc(C)c1N=Cc1ccccn1.[Ni+2]. The Hall–Kier alpha value is -2.65. The van der Waals surface area contributed by atoms with Crippen LogP contribution in [-0.2, 0) is 16.5 Å². The predicted octanol–water partition coefficient (Wildman–Crippen LogP) is 3.59. The molecule has 0 saturated carbocycles. The Morgan fingerprint density at radius 2 is 1.54 bits per heavy atom. The summed E-state index contributed by atoms with van der Waals surface area (Å²) in [6.45, 7) is 5.91. The van der Waals surface area contributed by atoms with E-state index in [1.54, 1.807) is 25.4 Å². The summed E-state index contributed by atoms with van der Waals surface area (Å²) in [4.78, 5) is 8.69. The maximum atomic E-state index is 10.5. The average Bonchev–Trinajstić information content (AvgIpc) is 2.60. The van der Waals surface area contributed by atoms with Crippen LogP contribution in [0.5, 0.6) is 11.5 Å². The van der Waals surface area contributed by atoms with Crippen molar-refractivity contribution in [3.8, 4) is 11.5 Å². The van der Waals surface area contributed by atoms with Crippen LogP contribution in [-0.4, -0.2) is 11.2 Å². The molecule has 0 aliphatic rings. The summed E-state index contributed by atoms with van der Waals surface area (Å²) in [7, 11) is 0. The summed E-state index contributed by atoms with van der Waals surface area (Å²) in [5.41, 5.74) is 5.12. The van der Waals surface area contributed by atoms with Crippen molar-refractivity contribution in [3.05, 3.63) is 83.2 Å². The Kier molecular flexibility index (Phi) is 8.53. The number of nitrogens with zero attached hydrogens (tertiary/aromatic N) is 2. The first-order valence-corrected chi connectivity index (χ1v) is 7.93. The van der Waals surface area contributed by atoms with Crippen LogP contribution in [0, 0.1) is 20.8 Å². The summed E-state index contributed by atoms with van der Waals surface area (Å²) in [5, 5.41) is 21.0. The van der Waals surface area contributed by atoms with Crippen molar-refractivity contribution < 1.29 is 26.7 Å². The van der Waals surface area contributed by atoms with Crippen LogP contribution in [0.2, 0.25) is 0 Å². The molecule has 3 rings (SSSR count).